The predicted molar refractivity (Wildman–Crippen MR) is 80.3 cm³/mol. The molecule has 0 aliphatic heterocycles. The first-order chi connectivity index (χ1) is 8.96. The molecule has 1 aliphatic rings. The molecule has 1 saturated carbocycles. The predicted octanol–water partition coefficient (Wildman–Crippen LogP) is 2.97. The van der Waals surface area contributed by atoms with Crippen molar-refractivity contribution in [1.29, 1.82) is 0 Å². The lowest BCUT2D eigenvalue weighted by molar-refractivity contribution is -0.0324. The van der Waals surface area contributed by atoms with Crippen molar-refractivity contribution in [2.24, 2.45) is 11.3 Å². The van der Waals surface area contributed by atoms with Gasteiger partial charge in [-0.3, -0.25) is 0 Å². The van der Waals surface area contributed by atoms with Gasteiger partial charge >= 0.3 is 0 Å². The fourth-order valence-corrected chi connectivity index (χ4v) is 3.39. The molecule has 0 bridgehead atoms. The number of hydrogen-bond donors (Lipinski definition) is 2. The Bertz CT molecular complexity index is 243. The lowest BCUT2D eigenvalue weighted by Gasteiger charge is -2.39. The van der Waals surface area contributed by atoms with E-state index in [2.05, 4.69) is 33.0 Å². The highest BCUT2D eigenvalue weighted by Gasteiger charge is 2.32. The van der Waals surface area contributed by atoms with E-state index in [1.807, 2.05) is 0 Å². The second kappa shape index (κ2) is 8.23. The topological polar surface area (TPSA) is 41.5 Å². The highest BCUT2D eigenvalue weighted by molar-refractivity contribution is 4.83. The molecule has 0 amide bonds. The zero-order valence-electron chi connectivity index (χ0n) is 13.2. The van der Waals surface area contributed by atoms with E-state index in [-0.39, 0.29) is 6.61 Å². The summed E-state index contributed by atoms with van der Waals surface area (Å²) in [5.41, 5.74) is 0.408. The van der Waals surface area contributed by atoms with E-state index in [0.29, 0.717) is 17.6 Å². The van der Waals surface area contributed by atoms with E-state index in [1.54, 1.807) is 0 Å². The summed E-state index contributed by atoms with van der Waals surface area (Å²) in [6.07, 6.45) is 5.95. The van der Waals surface area contributed by atoms with Gasteiger partial charge in [-0.1, -0.05) is 27.7 Å². The summed E-state index contributed by atoms with van der Waals surface area (Å²) in [4.78, 5) is 0. The van der Waals surface area contributed by atoms with Crippen molar-refractivity contribution in [3.05, 3.63) is 0 Å². The van der Waals surface area contributed by atoms with Crippen LogP contribution in [0.3, 0.4) is 0 Å². The van der Waals surface area contributed by atoms with Crippen LogP contribution in [0.1, 0.15) is 59.8 Å². The molecule has 0 heterocycles. The molecule has 3 atom stereocenters. The number of aliphatic hydroxyl groups excluding tert-OH is 1. The van der Waals surface area contributed by atoms with Gasteiger partial charge in [0.05, 0.1) is 12.7 Å². The smallest absolute Gasteiger partial charge is 0.0624 e. The van der Waals surface area contributed by atoms with E-state index in [4.69, 9.17) is 9.84 Å². The first-order valence-electron chi connectivity index (χ1n) is 7.92. The molecule has 0 spiro atoms. The van der Waals surface area contributed by atoms with E-state index >= 15 is 0 Å². The third kappa shape index (κ3) is 6.73. The number of ether oxygens (including phenoxy) is 1. The maximum atomic E-state index is 9.10. The Kier molecular flexibility index (Phi) is 7.33. The van der Waals surface area contributed by atoms with Crippen molar-refractivity contribution >= 4 is 0 Å². The Morgan fingerprint density at radius 3 is 2.68 bits per heavy atom. The first kappa shape index (κ1) is 16.9. The average molecular weight is 271 g/mol. The van der Waals surface area contributed by atoms with Crippen molar-refractivity contribution in [2.75, 3.05) is 19.8 Å². The number of aliphatic hydroxyl groups is 1. The molecule has 3 heteroatoms. The number of nitrogens with one attached hydrogen (secondary N) is 1. The van der Waals surface area contributed by atoms with Crippen LogP contribution in [0.25, 0.3) is 0 Å². The normalized spacial score (nSPS) is 28.3. The van der Waals surface area contributed by atoms with Crippen LogP contribution in [0.2, 0.25) is 0 Å². The molecule has 19 heavy (non-hydrogen) atoms. The van der Waals surface area contributed by atoms with Crippen molar-refractivity contribution in [3.8, 4) is 0 Å². The summed E-state index contributed by atoms with van der Waals surface area (Å²) in [6.45, 7) is 11.2. The van der Waals surface area contributed by atoms with E-state index in [1.165, 1.54) is 12.8 Å². The standard InChI is InChI=1S/C16H33NO2/c1-5-7-17-14(6-8-18)12-19-15-9-13(2)10-16(3,4)11-15/h13-15,17-18H,5-12H2,1-4H3. The van der Waals surface area contributed by atoms with Gasteiger partial charge in [0.25, 0.3) is 0 Å². The molecule has 0 aromatic heterocycles. The Labute approximate surface area is 119 Å². The second-order valence-corrected chi connectivity index (χ2v) is 7.03. The largest absolute Gasteiger partial charge is 0.396 e. The van der Waals surface area contributed by atoms with Gasteiger partial charge in [0.2, 0.25) is 0 Å². The highest BCUT2D eigenvalue weighted by Crippen LogP contribution is 2.39. The van der Waals surface area contributed by atoms with E-state index in [0.717, 1.165) is 38.3 Å². The Morgan fingerprint density at radius 1 is 1.37 bits per heavy atom. The Balaban J connectivity index is 2.35. The van der Waals surface area contributed by atoms with Gasteiger partial charge in [-0.15, -0.1) is 0 Å². The number of hydrogen-bond acceptors (Lipinski definition) is 3. The summed E-state index contributed by atoms with van der Waals surface area (Å²) in [5.74, 6) is 0.758. The Morgan fingerprint density at radius 2 is 2.11 bits per heavy atom. The SMILES string of the molecule is CCCNC(CCO)COC1CC(C)CC(C)(C)C1. The van der Waals surface area contributed by atoms with Crippen LogP contribution in [0.15, 0.2) is 0 Å². The molecule has 0 aromatic rings. The maximum Gasteiger partial charge on any atom is 0.0624 e. The van der Waals surface area contributed by atoms with E-state index in [9.17, 15) is 0 Å². The monoisotopic (exact) mass is 271 g/mol. The van der Waals surface area contributed by atoms with Crippen molar-refractivity contribution in [2.45, 2.75) is 71.9 Å². The van der Waals surface area contributed by atoms with Gasteiger partial charge in [-0.25, -0.2) is 0 Å². The molecular formula is C16H33NO2. The molecule has 0 radical (unpaired) electrons. The zero-order valence-corrected chi connectivity index (χ0v) is 13.2. The van der Waals surface area contributed by atoms with Crippen LogP contribution in [-0.2, 0) is 4.74 Å². The molecule has 2 N–H and O–H groups in total. The van der Waals surface area contributed by atoms with Crippen LogP contribution >= 0.6 is 0 Å². The van der Waals surface area contributed by atoms with Gasteiger partial charge in [0, 0.05) is 12.6 Å². The van der Waals surface area contributed by atoms with E-state index < -0.39 is 0 Å². The minimum absolute atomic E-state index is 0.233. The van der Waals surface area contributed by atoms with Crippen molar-refractivity contribution in [1.82, 2.24) is 5.32 Å². The molecule has 0 saturated heterocycles. The van der Waals surface area contributed by atoms with Gasteiger partial charge in [0.15, 0.2) is 0 Å². The van der Waals surface area contributed by atoms with Gasteiger partial charge in [-0.05, 0) is 50.0 Å². The van der Waals surface area contributed by atoms with Gasteiger partial charge < -0.3 is 15.2 Å². The highest BCUT2D eigenvalue weighted by atomic mass is 16.5. The molecule has 114 valence electrons. The van der Waals surface area contributed by atoms with Gasteiger partial charge in [0.1, 0.15) is 0 Å². The molecule has 3 unspecified atom stereocenters. The fraction of sp³-hybridized carbons (Fsp3) is 1.00. The van der Waals surface area contributed by atoms with Crippen molar-refractivity contribution in [3.63, 3.8) is 0 Å². The first-order valence-corrected chi connectivity index (χ1v) is 7.92. The third-order valence-corrected chi connectivity index (χ3v) is 4.04. The summed E-state index contributed by atoms with van der Waals surface area (Å²) in [5, 5.41) is 12.6. The van der Waals surface area contributed by atoms with Crippen LogP contribution < -0.4 is 5.32 Å². The van der Waals surface area contributed by atoms with Crippen LogP contribution in [0, 0.1) is 11.3 Å². The molecular weight excluding hydrogens is 238 g/mol. The molecule has 1 fully saturated rings. The van der Waals surface area contributed by atoms with Gasteiger partial charge in [-0.2, -0.15) is 0 Å². The van der Waals surface area contributed by atoms with Crippen molar-refractivity contribution < 1.29 is 9.84 Å². The minimum Gasteiger partial charge on any atom is -0.396 e. The molecule has 1 rings (SSSR count). The summed E-state index contributed by atoms with van der Waals surface area (Å²) < 4.78 is 6.13. The second-order valence-electron chi connectivity index (χ2n) is 7.03. The lowest BCUT2D eigenvalue weighted by Crippen LogP contribution is -2.39. The Hall–Kier alpha value is -0.120. The minimum atomic E-state index is 0.233. The van der Waals surface area contributed by atoms with Crippen LogP contribution in [-0.4, -0.2) is 37.0 Å². The maximum absolute atomic E-state index is 9.10. The third-order valence-electron chi connectivity index (χ3n) is 4.04. The summed E-state index contributed by atoms with van der Waals surface area (Å²) in [7, 11) is 0. The molecule has 3 nitrogen and oxygen atoms in total. The van der Waals surface area contributed by atoms with Crippen LogP contribution in [0.4, 0.5) is 0 Å². The lowest BCUT2D eigenvalue weighted by atomic mass is 9.71. The molecule has 0 aromatic carbocycles. The quantitative estimate of drug-likeness (QED) is 0.713. The summed E-state index contributed by atoms with van der Waals surface area (Å²) >= 11 is 0. The van der Waals surface area contributed by atoms with Crippen LogP contribution in [0.5, 0.6) is 0 Å². The average Bonchev–Trinajstić information content (AvgIpc) is 2.30. The zero-order chi connectivity index (χ0) is 14.3. The summed E-state index contributed by atoms with van der Waals surface area (Å²) in [6, 6.07) is 0.297. The molecule has 1 aliphatic carbocycles. The fourth-order valence-electron chi connectivity index (χ4n) is 3.39. The number of rotatable bonds is 8.